The third kappa shape index (κ3) is 4.40. The standard InChI is InChI=1S/C29H30ClN3O4/c1-29(2,3)37-28(34)33-13-16(14-35-4)9-24(33)27-31-23-8-5-17-11-22-20-7-6-19(30)10-18(20)15-36-25(22)12-21(17)26(23)32-27/h5-8,10-12,16,24H,9,13-15H2,1-4H3,(H,31,32)/t16-,24?/m0/s1. The summed E-state index contributed by atoms with van der Waals surface area (Å²) >= 11 is 6.20. The number of benzene rings is 3. The Morgan fingerprint density at radius 1 is 1.19 bits per heavy atom. The van der Waals surface area contributed by atoms with Crippen LogP contribution in [0.2, 0.25) is 5.02 Å². The first-order valence-corrected chi connectivity index (χ1v) is 12.9. The molecule has 37 heavy (non-hydrogen) atoms. The number of aromatic nitrogens is 2. The van der Waals surface area contributed by atoms with Crippen molar-refractivity contribution in [2.75, 3.05) is 20.3 Å². The van der Waals surface area contributed by atoms with Gasteiger partial charge in [0, 0.05) is 35.5 Å². The molecule has 4 aromatic rings. The van der Waals surface area contributed by atoms with Gasteiger partial charge >= 0.3 is 6.09 Å². The smallest absolute Gasteiger partial charge is 0.410 e. The molecular formula is C29H30ClN3O4. The number of rotatable bonds is 3. The fourth-order valence-corrected chi connectivity index (χ4v) is 5.69. The van der Waals surface area contributed by atoms with E-state index in [-0.39, 0.29) is 18.1 Å². The number of imidazole rings is 1. The molecule has 2 aliphatic rings. The number of methoxy groups -OCH3 is 1. The SMILES string of the molecule is COC[C@H]1CC(c2nc3c(ccc4cc5c(cc43)OCc3cc(Cl)ccc3-5)[nH]2)N(C(=O)OC(C)(C)C)C1. The average Bonchev–Trinajstić information content (AvgIpc) is 3.46. The maximum absolute atomic E-state index is 13.1. The number of hydrogen-bond donors (Lipinski definition) is 1. The molecule has 8 heteroatoms. The summed E-state index contributed by atoms with van der Waals surface area (Å²) in [6.07, 6.45) is 0.422. The molecule has 1 N–H and O–H groups in total. The summed E-state index contributed by atoms with van der Waals surface area (Å²) in [5.74, 6) is 1.79. The topological polar surface area (TPSA) is 76.7 Å². The minimum Gasteiger partial charge on any atom is -0.488 e. The predicted octanol–water partition coefficient (Wildman–Crippen LogP) is 6.87. The van der Waals surface area contributed by atoms with Crippen molar-refractivity contribution >= 4 is 39.5 Å². The summed E-state index contributed by atoms with van der Waals surface area (Å²) in [5, 5.41) is 2.78. The van der Waals surface area contributed by atoms with Gasteiger partial charge in [-0.2, -0.15) is 0 Å². The number of hydrogen-bond acceptors (Lipinski definition) is 5. The lowest BCUT2D eigenvalue weighted by molar-refractivity contribution is 0.0209. The molecular weight excluding hydrogens is 490 g/mol. The number of ether oxygens (including phenoxy) is 3. The molecule has 2 aliphatic heterocycles. The number of likely N-dealkylation sites (tertiary alicyclic amines) is 1. The number of halogens is 1. The molecule has 3 aromatic carbocycles. The van der Waals surface area contributed by atoms with Gasteiger partial charge in [0.05, 0.1) is 23.7 Å². The number of aromatic amines is 1. The van der Waals surface area contributed by atoms with Crippen molar-refractivity contribution < 1.29 is 19.0 Å². The molecule has 2 atom stereocenters. The van der Waals surface area contributed by atoms with E-state index in [0.29, 0.717) is 24.8 Å². The lowest BCUT2D eigenvalue weighted by atomic mass is 9.94. The first kappa shape index (κ1) is 24.1. The van der Waals surface area contributed by atoms with Gasteiger partial charge in [0.15, 0.2) is 0 Å². The summed E-state index contributed by atoms with van der Waals surface area (Å²) in [7, 11) is 1.69. The number of nitrogens with zero attached hydrogens (tertiary/aromatic N) is 2. The lowest BCUT2D eigenvalue weighted by Crippen LogP contribution is -2.37. The van der Waals surface area contributed by atoms with Gasteiger partial charge in [-0.3, -0.25) is 4.90 Å². The van der Waals surface area contributed by atoms with Gasteiger partial charge in [0.2, 0.25) is 0 Å². The molecule has 3 heterocycles. The van der Waals surface area contributed by atoms with E-state index in [9.17, 15) is 4.79 Å². The Labute approximate surface area is 220 Å². The molecule has 0 aliphatic carbocycles. The molecule has 0 saturated carbocycles. The first-order chi connectivity index (χ1) is 17.7. The zero-order valence-electron chi connectivity index (χ0n) is 21.4. The second-order valence-corrected chi connectivity index (χ2v) is 11.4. The van der Waals surface area contributed by atoms with E-state index in [1.54, 1.807) is 12.0 Å². The van der Waals surface area contributed by atoms with Crippen molar-refractivity contribution in [3.05, 3.63) is 58.9 Å². The average molecular weight is 520 g/mol. The Hall–Kier alpha value is -3.29. The number of H-pyrrole nitrogens is 1. The van der Waals surface area contributed by atoms with Crippen LogP contribution >= 0.6 is 11.6 Å². The normalized spacial score (nSPS) is 19.1. The molecule has 6 rings (SSSR count). The summed E-state index contributed by atoms with van der Waals surface area (Å²) in [6, 6.07) is 14.1. The molecule has 0 bridgehead atoms. The van der Waals surface area contributed by atoms with Gasteiger partial charge in [-0.05, 0) is 74.0 Å². The molecule has 1 amide bonds. The zero-order chi connectivity index (χ0) is 25.9. The molecule has 0 radical (unpaired) electrons. The second kappa shape index (κ2) is 8.92. The molecule has 7 nitrogen and oxygen atoms in total. The number of amides is 1. The summed E-state index contributed by atoms with van der Waals surface area (Å²) in [6.45, 7) is 7.26. The van der Waals surface area contributed by atoms with E-state index in [1.165, 1.54) is 0 Å². The maximum atomic E-state index is 13.1. The Morgan fingerprint density at radius 2 is 2.03 bits per heavy atom. The summed E-state index contributed by atoms with van der Waals surface area (Å²) in [4.78, 5) is 23.4. The maximum Gasteiger partial charge on any atom is 0.410 e. The highest BCUT2D eigenvalue weighted by molar-refractivity contribution is 6.30. The van der Waals surface area contributed by atoms with E-state index in [4.69, 9.17) is 30.8 Å². The van der Waals surface area contributed by atoms with Gasteiger partial charge < -0.3 is 19.2 Å². The van der Waals surface area contributed by atoms with Crippen molar-refractivity contribution in [1.29, 1.82) is 0 Å². The fraction of sp³-hybridized carbons (Fsp3) is 0.379. The summed E-state index contributed by atoms with van der Waals surface area (Å²) < 4.78 is 17.3. The molecule has 192 valence electrons. The van der Waals surface area contributed by atoms with Crippen LogP contribution in [-0.4, -0.2) is 46.8 Å². The van der Waals surface area contributed by atoms with Crippen LogP contribution in [0.4, 0.5) is 4.79 Å². The highest BCUT2D eigenvalue weighted by Crippen LogP contribution is 2.43. The Kier molecular flexibility index (Phi) is 5.81. The third-order valence-corrected chi connectivity index (χ3v) is 7.30. The minimum atomic E-state index is -0.575. The zero-order valence-corrected chi connectivity index (χ0v) is 22.2. The minimum absolute atomic E-state index is 0.210. The largest absolute Gasteiger partial charge is 0.488 e. The van der Waals surface area contributed by atoms with Gasteiger partial charge in [0.25, 0.3) is 0 Å². The molecule has 1 unspecified atom stereocenters. The number of fused-ring (bicyclic) bond motifs is 6. The van der Waals surface area contributed by atoms with Crippen LogP contribution in [0.3, 0.4) is 0 Å². The second-order valence-electron chi connectivity index (χ2n) is 10.9. The number of carbonyl (C=O) groups is 1. The Balaban J connectivity index is 1.41. The predicted molar refractivity (Wildman–Crippen MR) is 144 cm³/mol. The van der Waals surface area contributed by atoms with Crippen LogP contribution in [0.5, 0.6) is 5.75 Å². The van der Waals surface area contributed by atoms with Crippen molar-refractivity contribution in [3.63, 3.8) is 0 Å². The molecule has 1 fully saturated rings. The lowest BCUT2D eigenvalue weighted by Gasteiger charge is -2.27. The Morgan fingerprint density at radius 3 is 2.81 bits per heavy atom. The highest BCUT2D eigenvalue weighted by atomic mass is 35.5. The van der Waals surface area contributed by atoms with Crippen LogP contribution in [0.25, 0.3) is 32.9 Å². The van der Waals surface area contributed by atoms with Gasteiger partial charge in [-0.1, -0.05) is 23.7 Å². The van der Waals surface area contributed by atoms with E-state index in [2.05, 4.69) is 29.2 Å². The first-order valence-electron chi connectivity index (χ1n) is 12.6. The van der Waals surface area contributed by atoms with E-state index in [1.807, 2.05) is 39.0 Å². The van der Waals surface area contributed by atoms with E-state index in [0.717, 1.165) is 56.5 Å². The van der Waals surface area contributed by atoms with Gasteiger partial charge in [-0.25, -0.2) is 9.78 Å². The van der Waals surface area contributed by atoms with Crippen LogP contribution in [0.1, 0.15) is 44.6 Å². The van der Waals surface area contributed by atoms with Crippen molar-refractivity contribution in [2.45, 2.75) is 45.4 Å². The number of nitrogens with one attached hydrogen (secondary N) is 1. The van der Waals surface area contributed by atoms with Crippen LogP contribution in [-0.2, 0) is 16.1 Å². The molecule has 1 aromatic heterocycles. The molecule has 0 spiro atoms. The van der Waals surface area contributed by atoms with Crippen molar-refractivity contribution in [1.82, 2.24) is 14.9 Å². The van der Waals surface area contributed by atoms with E-state index >= 15 is 0 Å². The number of carbonyl (C=O) groups excluding carboxylic acids is 1. The fourth-order valence-electron chi connectivity index (χ4n) is 5.49. The van der Waals surface area contributed by atoms with Gasteiger partial charge in [0.1, 0.15) is 23.8 Å². The van der Waals surface area contributed by atoms with Crippen molar-refractivity contribution in [2.24, 2.45) is 5.92 Å². The summed E-state index contributed by atoms with van der Waals surface area (Å²) in [5.41, 5.74) is 4.48. The van der Waals surface area contributed by atoms with E-state index < -0.39 is 5.60 Å². The Bertz CT molecular complexity index is 1520. The quantitative estimate of drug-likeness (QED) is 0.319. The van der Waals surface area contributed by atoms with Crippen molar-refractivity contribution in [3.8, 4) is 16.9 Å². The molecule has 1 saturated heterocycles. The highest BCUT2D eigenvalue weighted by Gasteiger charge is 2.40. The van der Waals surface area contributed by atoms with Gasteiger partial charge in [-0.15, -0.1) is 0 Å². The van der Waals surface area contributed by atoms with Crippen LogP contribution in [0, 0.1) is 5.92 Å². The third-order valence-electron chi connectivity index (χ3n) is 7.06. The van der Waals surface area contributed by atoms with Crippen LogP contribution in [0.15, 0.2) is 42.5 Å². The monoisotopic (exact) mass is 519 g/mol. The van der Waals surface area contributed by atoms with Crippen LogP contribution < -0.4 is 4.74 Å².